The third-order valence-corrected chi connectivity index (χ3v) is 3.17. The molecule has 2 heterocycles. The number of carbonyl (C=O) groups excluding carboxylic acids is 1. The monoisotopic (exact) mass is 249 g/mol. The first-order chi connectivity index (χ1) is 8.77. The van der Waals surface area contributed by atoms with Crippen molar-refractivity contribution in [3.8, 4) is 0 Å². The normalized spacial score (nSPS) is 18.3. The molecule has 1 fully saturated rings. The molecule has 1 amide bonds. The Hall–Kier alpha value is -1.53. The van der Waals surface area contributed by atoms with Gasteiger partial charge in [0, 0.05) is 32.4 Å². The molecule has 98 valence electrons. The van der Waals surface area contributed by atoms with E-state index < -0.39 is 0 Å². The highest BCUT2D eigenvalue weighted by Gasteiger charge is 2.22. The van der Waals surface area contributed by atoms with Gasteiger partial charge in [0.1, 0.15) is 6.33 Å². The van der Waals surface area contributed by atoms with Crippen LogP contribution < -0.4 is 10.6 Å². The summed E-state index contributed by atoms with van der Waals surface area (Å²) in [6.07, 6.45) is 3.16. The fourth-order valence-electron chi connectivity index (χ4n) is 1.98. The van der Waals surface area contributed by atoms with Gasteiger partial charge in [0.2, 0.25) is 5.91 Å². The van der Waals surface area contributed by atoms with Crippen LogP contribution in [0.2, 0.25) is 0 Å². The Morgan fingerprint density at radius 2 is 2.33 bits per heavy atom. The molecule has 2 N–H and O–H groups in total. The van der Waals surface area contributed by atoms with E-state index in [2.05, 4.69) is 25.5 Å². The summed E-state index contributed by atoms with van der Waals surface area (Å²) in [5, 5.41) is 6.18. The van der Waals surface area contributed by atoms with Gasteiger partial charge in [0.05, 0.1) is 18.3 Å². The number of carbonyl (C=O) groups is 1. The average Bonchev–Trinajstić information content (AvgIpc) is 2.46. The first kappa shape index (κ1) is 12.9. The second-order valence-corrected chi connectivity index (χ2v) is 4.38. The molecular formula is C12H19N5O. The van der Waals surface area contributed by atoms with Gasteiger partial charge in [-0.15, -0.1) is 0 Å². The molecule has 6 nitrogen and oxygen atoms in total. The van der Waals surface area contributed by atoms with Crippen LogP contribution in [0, 0.1) is 0 Å². The number of piperazine rings is 1. The molecule has 18 heavy (non-hydrogen) atoms. The van der Waals surface area contributed by atoms with Crippen molar-refractivity contribution in [3.05, 3.63) is 24.3 Å². The lowest BCUT2D eigenvalue weighted by Gasteiger charge is -2.31. The van der Waals surface area contributed by atoms with Gasteiger partial charge in [0.15, 0.2) is 0 Å². The van der Waals surface area contributed by atoms with Crippen molar-refractivity contribution in [1.29, 1.82) is 0 Å². The maximum absolute atomic E-state index is 12.0. The first-order valence-corrected chi connectivity index (χ1v) is 6.25. The van der Waals surface area contributed by atoms with Crippen molar-refractivity contribution in [2.24, 2.45) is 0 Å². The fourth-order valence-corrected chi connectivity index (χ4v) is 1.98. The Balaban J connectivity index is 1.80. The Morgan fingerprint density at radius 3 is 3.00 bits per heavy atom. The van der Waals surface area contributed by atoms with E-state index in [1.165, 1.54) is 6.33 Å². The lowest BCUT2D eigenvalue weighted by Crippen LogP contribution is -2.52. The molecule has 6 heteroatoms. The largest absolute Gasteiger partial charge is 0.349 e. The van der Waals surface area contributed by atoms with Crippen molar-refractivity contribution < 1.29 is 4.79 Å². The van der Waals surface area contributed by atoms with E-state index in [-0.39, 0.29) is 11.9 Å². The summed E-state index contributed by atoms with van der Waals surface area (Å²) in [6, 6.07) is 1.71. The second kappa shape index (κ2) is 6.42. The number of hydrogen-bond donors (Lipinski definition) is 2. The zero-order valence-electron chi connectivity index (χ0n) is 10.6. The molecule has 1 aliphatic rings. The third-order valence-electron chi connectivity index (χ3n) is 3.17. The minimum Gasteiger partial charge on any atom is -0.349 e. The van der Waals surface area contributed by atoms with Gasteiger partial charge >= 0.3 is 0 Å². The zero-order chi connectivity index (χ0) is 12.8. The van der Waals surface area contributed by atoms with Crippen LogP contribution in [0.15, 0.2) is 18.6 Å². The minimum absolute atomic E-state index is 0.0514. The molecule has 1 unspecified atom stereocenters. The van der Waals surface area contributed by atoms with Gasteiger partial charge in [-0.2, -0.15) is 0 Å². The van der Waals surface area contributed by atoms with Crippen LogP contribution in [0.1, 0.15) is 12.6 Å². The molecule has 0 saturated carbocycles. The number of nitrogens with zero attached hydrogens (tertiary/aromatic N) is 3. The lowest BCUT2D eigenvalue weighted by atomic mass is 10.2. The van der Waals surface area contributed by atoms with Crippen molar-refractivity contribution in [2.45, 2.75) is 19.5 Å². The molecule has 0 spiro atoms. The summed E-state index contributed by atoms with van der Waals surface area (Å²) < 4.78 is 0. The summed E-state index contributed by atoms with van der Waals surface area (Å²) in [4.78, 5) is 22.1. The SMILES string of the molecule is CC(C(=O)NCc1ccncn1)N1CCNCC1. The van der Waals surface area contributed by atoms with E-state index in [9.17, 15) is 4.79 Å². The molecule has 1 aromatic heterocycles. The van der Waals surface area contributed by atoms with Crippen LogP contribution in [0.4, 0.5) is 0 Å². The fraction of sp³-hybridized carbons (Fsp3) is 0.583. The molecule has 0 aromatic carbocycles. The highest BCUT2D eigenvalue weighted by atomic mass is 16.2. The summed E-state index contributed by atoms with van der Waals surface area (Å²) >= 11 is 0. The molecule has 1 aromatic rings. The first-order valence-electron chi connectivity index (χ1n) is 6.25. The Morgan fingerprint density at radius 1 is 1.56 bits per heavy atom. The van der Waals surface area contributed by atoms with Crippen LogP contribution >= 0.6 is 0 Å². The Bertz CT molecular complexity index is 377. The van der Waals surface area contributed by atoms with Gasteiger partial charge in [-0.1, -0.05) is 0 Å². The van der Waals surface area contributed by atoms with Crippen molar-refractivity contribution in [3.63, 3.8) is 0 Å². The highest BCUT2D eigenvalue weighted by molar-refractivity contribution is 5.81. The van der Waals surface area contributed by atoms with E-state index in [0.717, 1.165) is 31.9 Å². The van der Waals surface area contributed by atoms with Gasteiger partial charge in [0.25, 0.3) is 0 Å². The topological polar surface area (TPSA) is 70.2 Å². The molecule has 2 rings (SSSR count). The van der Waals surface area contributed by atoms with Gasteiger partial charge in [-0.25, -0.2) is 9.97 Å². The van der Waals surface area contributed by atoms with Crippen LogP contribution in [0.5, 0.6) is 0 Å². The van der Waals surface area contributed by atoms with Crippen molar-refractivity contribution in [1.82, 2.24) is 25.5 Å². The summed E-state index contributed by atoms with van der Waals surface area (Å²) in [6.45, 7) is 6.13. The standard InChI is InChI=1S/C12H19N5O/c1-10(17-6-4-13-5-7-17)12(18)15-8-11-2-3-14-9-16-11/h2-3,9-10,13H,4-8H2,1H3,(H,15,18). The summed E-state index contributed by atoms with van der Waals surface area (Å²) in [5.41, 5.74) is 0.825. The zero-order valence-corrected chi connectivity index (χ0v) is 10.6. The molecule has 0 bridgehead atoms. The molecule has 1 aliphatic heterocycles. The molecule has 0 radical (unpaired) electrons. The van der Waals surface area contributed by atoms with E-state index >= 15 is 0 Å². The van der Waals surface area contributed by atoms with Gasteiger partial charge in [-0.05, 0) is 13.0 Å². The van der Waals surface area contributed by atoms with Crippen molar-refractivity contribution >= 4 is 5.91 Å². The summed E-state index contributed by atoms with van der Waals surface area (Å²) in [5.74, 6) is 0.0514. The predicted molar refractivity (Wildman–Crippen MR) is 67.8 cm³/mol. The molecule has 1 atom stereocenters. The van der Waals surface area contributed by atoms with Crippen LogP contribution in [0.3, 0.4) is 0 Å². The predicted octanol–water partition coefficient (Wildman–Crippen LogP) is -0.613. The number of aromatic nitrogens is 2. The van der Waals surface area contributed by atoms with Gasteiger partial charge < -0.3 is 10.6 Å². The quantitative estimate of drug-likeness (QED) is 0.745. The minimum atomic E-state index is -0.0889. The van der Waals surface area contributed by atoms with Crippen LogP contribution in [0.25, 0.3) is 0 Å². The number of nitrogens with one attached hydrogen (secondary N) is 2. The van der Waals surface area contributed by atoms with E-state index in [0.29, 0.717) is 6.54 Å². The smallest absolute Gasteiger partial charge is 0.237 e. The van der Waals surface area contributed by atoms with E-state index in [4.69, 9.17) is 0 Å². The molecular weight excluding hydrogens is 230 g/mol. The molecule has 1 saturated heterocycles. The second-order valence-electron chi connectivity index (χ2n) is 4.38. The van der Waals surface area contributed by atoms with E-state index in [1.807, 2.05) is 6.92 Å². The average molecular weight is 249 g/mol. The summed E-state index contributed by atoms with van der Waals surface area (Å²) in [7, 11) is 0. The van der Waals surface area contributed by atoms with Crippen molar-refractivity contribution in [2.75, 3.05) is 26.2 Å². The molecule has 0 aliphatic carbocycles. The van der Waals surface area contributed by atoms with Crippen LogP contribution in [-0.2, 0) is 11.3 Å². The third kappa shape index (κ3) is 3.48. The number of rotatable bonds is 4. The Kier molecular flexibility index (Phi) is 4.60. The lowest BCUT2D eigenvalue weighted by molar-refractivity contribution is -0.126. The van der Waals surface area contributed by atoms with Crippen LogP contribution in [-0.4, -0.2) is 53.0 Å². The van der Waals surface area contributed by atoms with E-state index in [1.54, 1.807) is 12.3 Å². The number of hydrogen-bond acceptors (Lipinski definition) is 5. The van der Waals surface area contributed by atoms with Gasteiger partial charge in [-0.3, -0.25) is 9.69 Å². The number of amides is 1. The maximum atomic E-state index is 12.0. The Labute approximate surface area is 107 Å². The highest BCUT2D eigenvalue weighted by Crippen LogP contribution is 2.01. The maximum Gasteiger partial charge on any atom is 0.237 e.